The molecule has 6 N–H and O–H groups in total. The number of aromatic nitrogens is 6. The van der Waals surface area contributed by atoms with Gasteiger partial charge in [-0.1, -0.05) is 175 Å². The van der Waals surface area contributed by atoms with E-state index in [0.717, 1.165) is 76.0 Å². The number of H-pyrrole nitrogens is 3. The maximum atomic E-state index is 10.2. The normalized spacial score (nSPS) is 11.6. The topological polar surface area (TPSA) is 388 Å². The molecule has 0 aromatic carbocycles. The molecule has 22 heteroatoms. The van der Waals surface area contributed by atoms with Crippen molar-refractivity contribution >= 4 is 54.0 Å². The second kappa shape index (κ2) is 57.0. The third-order valence-corrected chi connectivity index (χ3v) is 10.6. The Morgan fingerprint density at radius 1 is 0.395 bits per heavy atom. The van der Waals surface area contributed by atoms with Crippen LogP contribution in [0.1, 0.15) is 211 Å². The number of carbonyl (C=O) groups is 6. The summed E-state index contributed by atoms with van der Waals surface area (Å²) in [6.45, 7) is 6.59. The maximum Gasteiger partial charge on any atom is 0.0933 e. The van der Waals surface area contributed by atoms with Crippen LogP contribution in [-0.2, 0) is 49.8 Å². The molecule has 0 radical (unpaired) electrons. The molecule has 21 nitrogen and oxygen atoms in total. The molecule has 0 saturated heterocycles. The second-order valence-electron chi connectivity index (χ2n) is 17.3. The zero-order valence-corrected chi connectivity index (χ0v) is 46.7. The van der Waals surface area contributed by atoms with E-state index >= 15 is 0 Å². The predicted molar refractivity (Wildman–Crippen MR) is 273 cm³/mol. The summed E-state index contributed by atoms with van der Waals surface area (Å²) in [6.07, 6.45) is 41.0. The number of hydrogen-bond donors (Lipinski definition) is 6. The van der Waals surface area contributed by atoms with Crippen LogP contribution >= 0.6 is 0 Å². The monoisotopic (exact) mass is 1150 g/mol. The van der Waals surface area contributed by atoms with Gasteiger partial charge in [-0.2, -0.15) is 0 Å². The number of imidazole rings is 3. The Morgan fingerprint density at radius 2 is 0.592 bits per heavy atom. The first kappa shape index (κ1) is 76.7. The fraction of sp³-hybridized carbons (Fsp3) is 0.611. The van der Waals surface area contributed by atoms with Gasteiger partial charge in [0.2, 0.25) is 0 Å². The average molecular weight is 1150 g/mol. The van der Waals surface area contributed by atoms with Gasteiger partial charge in [0.15, 0.2) is 0 Å². The number of nitrogens with one attached hydrogen (secondary N) is 3. The summed E-state index contributed by atoms with van der Waals surface area (Å²) in [4.78, 5) is 79.3. The third-order valence-electron chi connectivity index (χ3n) is 10.6. The summed E-state index contributed by atoms with van der Waals surface area (Å²) < 4.78 is 0. The Balaban J connectivity index is -0.000000412. The Kier molecular flexibility index (Phi) is 57.5. The van der Waals surface area contributed by atoms with Gasteiger partial charge in [0.1, 0.15) is 0 Å². The first-order valence-electron chi connectivity index (χ1n) is 26.2. The summed E-state index contributed by atoms with van der Waals surface area (Å²) in [5, 5.41) is 86.9. The zero-order chi connectivity index (χ0) is 56.7. The quantitative estimate of drug-likeness (QED) is 0.0276. The van der Waals surface area contributed by atoms with Gasteiger partial charge in [-0.3, -0.25) is 0 Å². The molecule has 0 saturated carbocycles. The standard InChI is InChI=1S/3C12H24O3.3C6H6N2O2.Mo/c3*1-2-3-4-5-6-7-8-9-10-11(13)12(14)15;3*9-6(10)2-1-5-3-7-4-8-5;/h3*11,13H,2-10H2,1H3,(H,14,15);3*1-4H,(H,7,8)(H,9,10);/p-6. The molecular weight excluding hydrogens is 1070 g/mol. The van der Waals surface area contributed by atoms with Crippen molar-refractivity contribution in [2.45, 2.75) is 212 Å². The van der Waals surface area contributed by atoms with Crippen molar-refractivity contribution in [3.8, 4) is 0 Å². The maximum absolute atomic E-state index is 10.2. The SMILES string of the molecule is CCCCCCCCCCC(O)C(=O)[O-].CCCCCCCCCCC(O)C(=O)[O-].CCCCCCCCCCC(O)C(=O)[O-].O=C([O-])C=Cc1cnc[nH]1.O=C([O-])C=Cc1cnc[nH]1.O=C([O-])C=Cc1cnc[nH]1.[Mo]. The molecule has 0 amide bonds. The van der Waals surface area contributed by atoms with Crippen molar-refractivity contribution < 1.29 is 95.8 Å². The van der Waals surface area contributed by atoms with E-state index in [2.05, 4.69) is 50.7 Å². The van der Waals surface area contributed by atoms with Crippen LogP contribution in [-0.4, -0.2) is 99.4 Å². The number of aliphatic hydroxyl groups is 3. The smallest absolute Gasteiger partial charge is 0.0933 e. The van der Waals surface area contributed by atoms with Crippen molar-refractivity contribution in [2.75, 3.05) is 0 Å². The van der Waals surface area contributed by atoms with Gasteiger partial charge in [-0.05, 0) is 55.7 Å². The molecular formula is C54H84MoN6O15-6. The molecule has 3 aromatic rings. The van der Waals surface area contributed by atoms with Gasteiger partial charge < -0.3 is 89.7 Å². The number of rotatable bonds is 36. The predicted octanol–water partition coefficient (Wildman–Crippen LogP) is 2.40. The average Bonchev–Trinajstić information content (AvgIpc) is 4.21. The number of aromatic amines is 3. The number of carboxylic acids is 6. The van der Waals surface area contributed by atoms with E-state index in [0.29, 0.717) is 36.3 Å². The van der Waals surface area contributed by atoms with Crippen LogP contribution in [0.5, 0.6) is 0 Å². The Morgan fingerprint density at radius 3 is 0.750 bits per heavy atom. The first-order valence-corrected chi connectivity index (χ1v) is 26.2. The molecule has 3 rings (SSSR count). The molecule has 76 heavy (non-hydrogen) atoms. The van der Waals surface area contributed by atoms with Gasteiger partial charge in [0, 0.05) is 21.1 Å². The van der Waals surface area contributed by atoms with Crippen LogP contribution in [0.4, 0.5) is 0 Å². The van der Waals surface area contributed by atoms with Gasteiger partial charge >= 0.3 is 0 Å². The Bertz CT molecular complexity index is 1680. The Hall–Kier alpha value is -5.76. The van der Waals surface area contributed by atoms with Crippen molar-refractivity contribution in [3.63, 3.8) is 0 Å². The van der Waals surface area contributed by atoms with E-state index in [-0.39, 0.29) is 21.1 Å². The minimum atomic E-state index is -1.35. The van der Waals surface area contributed by atoms with Crippen molar-refractivity contribution in [2.24, 2.45) is 0 Å². The summed E-state index contributed by atoms with van der Waals surface area (Å²) in [6, 6.07) is 0. The molecule has 3 unspecified atom stereocenters. The summed E-state index contributed by atoms with van der Waals surface area (Å²) in [5.74, 6) is -7.69. The van der Waals surface area contributed by atoms with Crippen molar-refractivity contribution in [3.05, 3.63) is 72.9 Å². The van der Waals surface area contributed by atoms with Crippen LogP contribution in [0.25, 0.3) is 18.2 Å². The van der Waals surface area contributed by atoms with E-state index in [1.54, 1.807) is 0 Å². The number of aliphatic carboxylic acids is 6. The van der Waals surface area contributed by atoms with Crippen LogP contribution in [0.2, 0.25) is 0 Å². The van der Waals surface area contributed by atoms with Crippen LogP contribution in [0.15, 0.2) is 55.8 Å². The minimum Gasteiger partial charge on any atom is -0.547 e. The fourth-order valence-corrected chi connectivity index (χ4v) is 6.32. The first-order chi connectivity index (χ1) is 35.9. The third kappa shape index (κ3) is 59.1. The largest absolute Gasteiger partial charge is 0.547 e. The van der Waals surface area contributed by atoms with E-state index in [1.165, 1.54) is 152 Å². The Labute approximate surface area is 463 Å². The van der Waals surface area contributed by atoms with Crippen LogP contribution < -0.4 is 30.6 Å². The van der Waals surface area contributed by atoms with Crippen molar-refractivity contribution in [1.82, 2.24) is 29.9 Å². The van der Waals surface area contributed by atoms with Crippen LogP contribution in [0.3, 0.4) is 0 Å². The van der Waals surface area contributed by atoms with Gasteiger partial charge in [0.25, 0.3) is 0 Å². The zero-order valence-electron chi connectivity index (χ0n) is 44.7. The minimum absolute atomic E-state index is 0. The molecule has 3 heterocycles. The van der Waals surface area contributed by atoms with E-state index in [1.807, 2.05) is 0 Å². The molecule has 432 valence electrons. The van der Waals surface area contributed by atoms with Crippen LogP contribution in [0, 0.1) is 0 Å². The number of aliphatic hydroxyl groups excluding tert-OH is 3. The molecule has 3 aromatic heterocycles. The van der Waals surface area contributed by atoms with Gasteiger partial charge in [-0.15, -0.1) is 0 Å². The molecule has 0 spiro atoms. The van der Waals surface area contributed by atoms with E-state index < -0.39 is 54.1 Å². The molecule has 0 fully saturated rings. The van der Waals surface area contributed by atoms with E-state index in [9.17, 15) is 59.4 Å². The number of hydrogen-bond acceptors (Lipinski definition) is 18. The summed E-state index contributed by atoms with van der Waals surface area (Å²) >= 11 is 0. The fourth-order valence-electron chi connectivity index (χ4n) is 6.32. The molecule has 3 atom stereocenters. The molecule has 0 aliphatic rings. The second-order valence-corrected chi connectivity index (χ2v) is 17.3. The molecule has 0 aliphatic carbocycles. The summed E-state index contributed by atoms with van der Waals surface area (Å²) in [7, 11) is 0. The van der Waals surface area contributed by atoms with Gasteiger partial charge in [-0.25, -0.2) is 15.0 Å². The van der Waals surface area contributed by atoms with E-state index in [4.69, 9.17) is 15.3 Å². The number of carboxylic acid groups (broad SMARTS) is 6. The van der Waals surface area contributed by atoms with Gasteiger partial charge in [0.05, 0.1) is 109 Å². The molecule has 0 bridgehead atoms. The number of nitrogens with zero attached hydrogens (tertiary/aromatic N) is 3. The number of carbonyl (C=O) groups excluding carboxylic acids is 6. The van der Waals surface area contributed by atoms with Crippen molar-refractivity contribution in [1.29, 1.82) is 0 Å². The molecule has 0 aliphatic heterocycles. The number of unbranched alkanes of at least 4 members (excludes halogenated alkanes) is 21. The summed E-state index contributed by atoms with van der Waals surface area (Å²) in [5.41, 5.74) is 1.93.